The second-order valence-electron chi connectivity index (χ2n) is 4.18. The summed E-state index contributed by atoms with van der Waals surface area (Å²) in [5, 5.41) is 4.96. The third kappa shape index (κ3) is 5.85. The van der Waals surface area contributed by atoms with Gasteiger partial charge in [0.1, 0.15) is 5.69 Å². The Labute approximate surface area is 122 Å². The topological polar surface area (TPSA) is 68.3 Å². The highest BCUT2D eigenvalue weighted by Gasteiger charge is 2.08. The summed E-state index contributed by atoms with van der Waals surface area (Å²) in [6.07, 6.45) is 9.25. The highest BCUT2D eigenvalue weighted by molar-refractivity contribution is 7.10. The number of aromatic nitrogens is 1. The molecule has 0 saturated heterocycles. The summed E-state index contributed by atoms with van der Waals surface area (Å²) < 4.78 is 4.55. The van der Waals surface area contributed by atoms with Crippen LogP contribution < -0.4 is 5.32 Å². The van der Waals surface area contributed by atoms with E-state index in [0.29, 0.717) is 23.7 Å². The highest BCUT2D eigenvalue weighted by Crippen LogP contribution is 2.08. The van der Waals surface area contributed by atoms with Gasteiger partial charge in [-0.15, -0.1) is 17.8 Å². The standard InChI is InChI=1S/C14H18N2O3S/c1-3-12-16-11(10-20-12)14(18)15-9-7-5-4-6-8-13(17)19-2/h1,10H,4-9H2,2H3,(H,15,18). The van der Waals surface area contributed by atoms with Gasteiger partial charge in [0, 0.05) is 18.3 Å². The van der Waals surface area contributed by atoms with Gasteiger partial charge in [-0.2, -0.15) is 0 Å². The smallest absolute Gasteiger partial charge is 0.305 e. The number of nitrogens with one attached hydrogen (secondary N) is 1. The number of methoxy groups -OCH3 is 1. The Kier molecular flexibility index (Phi) is 7.36. The van der Waals surface area contributed by atoms with Gasteiger partial charge in [0.15, 0.2) is 5.01 Å². The predicted molar refractivity (Wildman–Crippen MR) is 77.5 cm³/mol. The van der Waals surface area contributed by atoms with Crippen LogP contribution >= 0.6 is 11.3 Å². The number of amides is 1. The lowest BCUT2D eigenvalue weighted by Crippen LogP contribution is -2.24. The molecule has 1 aromatic heterocycles. The lowest BCUT2D eigenvalue weighted by atomic mass is 10.1. The summed E-state index contributed by atoms with van der Waals surface area (Å²) in [6.45, 7) is 0.597. The minimum absolute atomic E-state index is 0.175. The van der Waals surface area contributed by atoms with Gasteiger partial charge in [-0.05, 0) is 18.8 Å². The Morgan fingerprint density at radius 3 is 2.80 bits per heavy atom. The molecule has 1 N–H and O–H groups in total. The van der Waals surface area contributed by atoms with Crippen LogP contribution in [0.15, 0.2) is 5.38 Å². The second kappa shape index (κ2) is 9.10. The first-order valence-corrected chi connectivity index (χ1v) is 7.32. The minimum Gasteiger partial charge on any atom is -0.469 e. The van der Waals surface area contributed by atoms with E-state index in [-0.39, 0.29) is 11.9 Å². The lowest BCUT2D eigenvalue weighted by molar-refractivity contribution is -0.140. The molecule has 0 fully saturated rings. The molecule has 1 heterocycles. The maximum atomic E-state index is 11.7. The van der Waals surface area contributed by atoms with Crippen molar-refractivity contribution >= 4 is 23.2 Å². The summed E-state index contributed by atoms with van der Waals surface area (Å²) in [6, 6.07) is 0. The molecule has 5 nitrogen and oxygen atoms in total. The third-order valence-electron chi connectivity index (χ3n) is 2.68. The largest absolute Gasteiger partial charge is 0.469 e. The van der Waals surface area contributed by atoms with Crippen LogP contribution in [0.2, 0.25) is 0 Å². The molecular formula is C14H18N2O3S. The van der Waals surface area contributed by atoms with Crippen molar-refractivity contribution in [2.45, 2.75) is 32.1 Å². The number of ether oxygens (including phenoxy) is 1. The summed E-state index contributed by atoms with van der Waals surface area (Å²) in [5.74, 6) is 2.02. The molecule has 0 atom stereocenters. The summed E-state index contributed by atoms with van der Waals surface area (Å²) in [7, 11) is 1.39. The summed E-state index contributed by atoms with van der Waals surface area (Å²) >= 11 is 1.28. The van der Waals surface area contributed by atoms with E-state index in [4.69, 9.17) is 6.42 Å². The average Bonchev–Trinajstić information content (AvgIpc) is 2.94. The van der Waals surface area contributed by atoms with Gasteiger partial charge in [0.25, 0.3) is 5.91 Å². The van der Waals surface area contributed by atoms with Crippen LogP contribution in [0.25, 0.3) is 0 Å². The van der Waals surface area contributed by atoms with E-state index in [1.54, 1.807) is 5.38 Å². The number of carbonyl (C=O) groups is 2. The van der Waals surface area contributed by atoms with Crippen molar-refractivity contribution in [2.75, 3.05) is 13.7 Å². The molecule has 0 aliphatic carbocycles. The van der Waals surface area contributed by atoms with Gasteiger partial charge in [-0.25, -0.2) is 4.98 Å². The van der Waals surface area contributed by atoms with E-state index in [0.717, 1.165) is 25.7 Å². The highest BCUT2D eigenvalue weighted by atomic mass is 32.1. The van der Waals surface area contributed by atoms with Gasteiger partial charge in [-0.3, -0.25) is 9.59 Å². The van der Waals surface area contributed by atoms with Gasteiger partial charge in [0.05, 0.1) is 7.11 Å². The molecule has 6 heteroatoms. The van der Waals surface area contributed by atoms with Gasteiger partial charge in [0.2, 0.25) is 0 Å². The first kappa shape index (κ1) is 16.2. The second-order valence-corrected chi connectivity index (χ2v) is 5.04. The fourth-order valence-electron chi connectivity index (χ4n) is 1.59. The van der Waals surface area contributed by atoms with Crippen LogP contribution in [-0.2, 0) is 9.53 Å². The summed E-state index contributed by atoms with van der Waals surface area (Å²) in [5.41, 5.74) is 0.369. The number of terminal acetylenes is 1. The monoisotopic (exact) mass is 294 g/mol. The molecule has 0 aliphatic rings. The van der Waals surface area contributed by atoms with Crippen molar-refractivity contribution in [3.63, 3.8) is 0 Å². The number of thiazole rings is 1. The van der Waals surface area contributed by atoms with Crippen molar-refractivity contribution in [1.82, 2.24) is 10.3 Å². The number of hydrogen-bond acceptors (Lipinski definition) is 5. The predicted octanol–water partition coefficient (Wildman–Crippen LogP) is 1.98. The van der Waals surface area contributed by atoms with E-state index in [2.05, 4.69) is 21.0 Å². The Balaban J connectivity index is 2.08. The average molecular weight is 294 g/mol. The normalized spacial score (nSPS) is 9.80. The fraction of sp³-hybridized carbons (Fsp3) is 0.500. The molecule has 0 bridgehead atoms. The van der Waals surface area contributed by atoms with Crippen molar-refractivity contribution < 1.29 is 14.3 Å². The molecule has 0 aromatic carbocycles. The minimum atomic E-state index is -0.197. The molecule has 0 spiro atoms. The van der Waals surface area contributed by atoms with E-state index in [9.17, 15) is 9.59 Å². The fourth-order valence-corrected chi connectivity index (χ4v) is 2.19. The number of carbonyl (C=O) groups excluding carboxylic acids is 2. The molecule has 1 rings (SSSR count). The number of rotatable bonds is 8. The molecule has 0 unspecified atom stereocenters. The Hall–Kier alpha value is -1.87. The Bertz CT molecular complexity index is 491. The Morgan fingerprint density at radius 2 is 2.15 bits per heavy atom. The van der Waals surface area contributed by atoms with E-state index in [1.165, 1.54) is 18.4 Å². The van der Waals surface area contributed by atoms with Crippen LogP contribution in [0.1, 0.15) is 47.6 Å². The Morgan fingerprint density at radius 1 is 1.40 bits per heavy atom. The number of unbranched alkanes of at least 4 members (excludes halogenated alkanes) is 3. The van der Waals surface area contributed by atoms with Crippen molar-refractivity contribution in [1.29, 1.82) is 0 Å². The molecule has 1 amide bonds. The van der Waals surface area contributed by atoms with Crippen LogP contribution in [0.3, 0.4) is 0 Å². The molecule has 0 saturated carbocycles. The van der Waals surface area contributed by atoms with Crippen molar-refractivity contribution in [3.8, 4) is 12.3 Å². The van der Waals surface area contributed by atoms with Gasteiger partial charge >= 0.3 is 5.97 Å². The third-order valence-corrected chi connectivity index (χ3v) is 3.45. The zero-order valence-electron chi connectivity index (χ0n) is 11.5. The van der Waals surface area contributed by atoms with Crippen LogP contribution in [0, 0.1) is 12.3 Å². The van der Waals surface area contributed by atoms with Crippen LogP contribution in [0.5, 0.6) is 0 Å². The van der Waals surface area contributed by atoms with Crippen LogP contribution in [-0.4, -0.2) is 30.5 Å². The number of nitrogens with zero attached hydrogens (tertiary/aromatic N) is 1. The maximum absolute atomic E-state index is 11.7. The molecular weight excluding hydrogens is 276 g/mol. The van der Waals surface area contributed by atoms with Gasteiger partial charge in [-0.1, -0.05) is 12.8 Å². The zero-order valence-corrected chi connectivity index (χ0v) is 12.3. The molecule has 20 heavy (non-hydrogen) atoms. The summed E-state index contributed by atoms with van der Waals surface area (Å²) in [4.78, 5) is 26.6. The first-order valence-electron chi connectivity index (χ1n) is 6.44. The van der Waals surface area contributed by atoms with E-state index < -0.39 is 0 Å². The zero-order chi connectivity index (χ0) is 14.8. The molecule has 108 valence electrons. The van der Waals surface area contributed by atoms with E-state index >= 15 is 0 Å². The molecule has 0 aliphatic heterocycles. The lowest BCUT2D eigenvalue weighted by Gasteiger charge is -2.03. The molecule has 0 radical (unpaired) electrons. The quantitative estimate of drug-likeness (QED) is 0.452. The maximum Gasteiger partial charge on any atom is 0.305 e. The number of esters is 1. The SMILES string of the molecule is C#Cc1nc(C(=O)NCCCCCCC(=O)OC)cs1. The first-order chi connectivity index (χ1) is 9.67. The van der Waals surface area contributed by atoms with Crippen molar-refractivity contribution in [3.05, 3.63) is 16.1 Å². The number of hydrogen-bond donors (Lipinski definition) is 1. The van der Waals surface area contributed by atoms with Gasteiger partial charge < -0.3 is 10.1 Å². The van der Waals surface area contributed by atoms with Crippen LogP contribution in [0.4, 0.5) is 0 Å². The van der Waals surface area contributed by atoms with Crippen molar-refractivity contribution in [2.24, 2.45) is 0 Å². The molecule has 1 aromatic rings. The van der Waals surface area contributed by atoms with E-state index in [1.807, 2.05) is 0 Å².